The molecular formula is C11H25NO5. The van der Waals surface area contributed by atoms with Crippen LogP contribution in [-0.2, 0) is 4.74 Å². The Balaban J connectivity index is 3.82. The van der Waals surface area contributed by atoms with E-state index in [1.807, 2.05) is 0 Å². The van der Waals surface area contributed by atoms with E-state index in [0.29, 0.717) is 19.6 Å². The number of hydrogen-bond acceptors (Lipinski definition) is 6. The summed E-state index contributed by atoms with van der Waals surface area (Å²) in [6.45, 7) is 0.293. The summed E-state index contributed by atoms with van der Waals surface area (Å²) >= 11 is 0. The maximum Gasteiger partial charge on any atom is 0.104 e. The monoisotopic (exact) mass is 251 g/mol. The molecular weight excluding hydrogens is 226 g/mol. The molecule has 104 valence electrons. The topological polar surface area (TPSA) is 116 Å². The van der Waals surface area contributed by atoms with Gasteiger partial charge in [-0.15, -0.1) is 0 Å². The van der Waals surface area contributed by atoms with Gasteiger partial charge in [0.05, 0.1) is 19.8 Å². The number of rotatable bonds is 11. The molecule has 1 atom stereocenters. The molecule has 0 radical (unpaired) electrons. The van der Waals surface area contributed by atoms with E-state index in [0.717, 1.165) is 6.42 Å². The summed E-state index contributed by atoms with van der Waals surface area (Å²) in [4.78, 5) is 0. The van der Waals surface area contributed by atoms with Gasteiger partial charge in [-0.05, 0) is 25.3 Å². The molecule has 6 nitrogen and oxygen atoms in total. The average molecular weight is 251 g/mol. The first-order valence-electron chi connectivity index (χ1n) is 5.96. The smallest absolute Gasteiger partial charge is 0.104 e. The summed E-state index contributed by atoms with van der Waals surface area (Å²) in [6, 6.07) is 0. The summed E-state index contributed by atoms with van der Waals surface area (Å²) in [5.74, 6) is -0.00766. The molecule has 6 N–H and O–H groups in total. The van der Waals surface area contributed by atoms with E-state index in [4.69, 9.17) is 30.9 Å². The van der Waals surface area contributed by atoms with Gasteiger partial charge >= 0.3 is 0 Å². The third-order valence-electron chi connectivity index (χ3n) is 2.81. The second-order valence-corrected chi connectivity index (χ2v) is 4.23. The van der Waals surface area contributed by atoms with Gasteiger partial charge in [0, 0.05) is 19.1 Å². The Morgan fingerprint density at radius 3 is 1.76 bits per heavy atom. The molecule has 0 rings (SSSR count). The molecule has 0 aliphatic heterocycles. The van der Waals surface area contributed by atoms with Crippen molar-refractivity contribution in [2.24, 2.45) is 17.6 Å². The van der Waals surface area contributed by atoms with Crippen LogP contribution in [-0.4, -0.2) is 66.1 Å². The van der Waals surface area contributed by atoms with Crippen molar-refractivity contribution in [2.45, 2.75) is 18.9 Å². The lowest BCUT2D eigenvalue weighted by molar-refractivity contribution is -0.0342. The van der Waals surface area contributed by atoms with Gasteiger partial charge in [-0.25, -0.2) is 0 Å². The lowest BCUT2D eigenvalue weighted by atomic mass is 9.97. The van der Waals surface area contributed by atoms with Crippen molar-refractivity contribution in [3.8, 4) is 0 Å². The van der Waals surface area contributed by atoms with Crippen LogP contribution >= 0.6 is 0 Å². The Morgan fingerprint density at radius 1 is 0.824 bits per heavy atom. The summed E-state index contributed by atoms with van der Waals surface area (Å²) in [5.41, 5.74) is 5.58. The van der Waals surface area contributed by atoms with Crippen molar-refractivity contribution in [1.82, 2.24) is 0 Å². The summed E-state index contributed by atoms with van der Waals surface area (Å²) in [6.07, 6.45) is 0.864. The number of aliphatic hydroxyl groups is 4. The fourth-order valence-electron chi connectivity index (χ4n) is 1.42. The van der Waals surface area contributed by atoms with E-state index in [-0.39, 0.29) is 38.3 Å². The molecule has 0 amide bonds. The minimum atomic E-state index is -0.560. The highest BCUT2D eigenvalue weighted by atomic mass is 16.5. The maximum absolute atomic E-state index is 8.92. The molecule has 17 heavy (non-hydrogen) atoms. The molecule has 0 spiro atoms. The fraction of sp³-hybridized carbons (Fsp3) is 1.00. The van der Waals surface area contributed by atoms with E-state index >= 15 is 0 Å². The van der Waals surface area contributed by atoms with Gasteiger partial charge in [0.25, 0.3) is 0 Å². The molecule has 0 bridgehead atoms. The van der Waals surface area contributed by atoms with Gasteiger partial charge < -0.3 is 30.9 Å². The third-order valence-corrected chi connectivity index (χ3v) is 2.81. The summed E-state index contributed by atoms with van der Waals surface area (Å²) < 4.78 is 5.29. The van der Waals surface area contributed by atoms with Gasteiger partial charge in [0.1, 0.15) is 6.10 Å². The van der Waals surface area contributed by atoms with Crippen LogP contribution in [0.15, 0.2) is 0 Å². The predicted molar refractivity (Wildman–Crippen MR) is 63.4 cm³/mol. The summed E-state index contributed by atoms with van der Waals surface area (Å²) in [5, 5.41) is 35.5. The van der Waals surface area contributed by atoms with Crippen LogP contribution in [0.4, 0.5) is 0 Å². The standard InChI is InChI=1S/C11H25NO5/c12-3-9(1-2-10(4-13)5-14)8-17-11(6-15)7-16/h9-11,13-16H,1-8,12H2. The molecule has 0 saturated heterocycles. The number of hydrogen-bond donors (Lipinski definition) is 5. The molecule has 0 aliphatic carbocycles. The van der Waals surface area contributed by atoms with Crippen LogP contribution in [0.1, 0.15) is 12.8 Å². The van der Waals surface area contributed by atoms with Crippen molar-refractivity contribution in [3.05, 3.63) is 0 Å². The van der Waals surface area contributed by atoms with Crippen molar-refractivity contribution < 1.29 is 25.2 Å². The molecule has 0 aromatic rings. The Labute approximate surface area is 102 Å². The highest BCUT2D eigenvalue weighted by molar-refractivity contribution is 4.65. The molecule has 0 aromatic heterocycles. The Bertz CT molecular complexity index is 146. The maximum atomic E-state index is 8.92. The SMILES string of the molecule is NCC(CCC(CO)CO)COC(CO)CO. The normalized spacial score (nSPS) is 13.6. The predicted octanol–water partition coefficient (Wildman–Crippen LogP) is -1.69. The Morgan fingerprint density at radius 2 is 1.35 bits per heavy atom. The zero-order valence-corrected chi connectivity index (χ0v) is 10.2. The quantitative estimate of drug-likeness (QED) is 0.299. The third kappa shape index (κ3) is 7.64. The van der Waals surface area contributed by atoms with E-state index in [2.05, 4.69) is 0 Å². The lowest BCUT2D eigenvalue weighted by Crippen LogP contribution is -2.28. The van der Waals surface area contributed by atoms with Crippen molar-refractivity contribution in [1.29, 1.82) is 0 Å². The Hall–Kier alpha value is -0.240. The van der Waals surface area contributed by atoms with Gasteiger partial charge in [0.15, 0.2) is 0 Å². The van der Waals surface area contributed by atoms with Crippen LogP contribution in [0.25, 0.3) is 0 Å². The highest BCUT2D eigenvalue weighted by Crippen LogP contribution is 2.13. The Kier molecular flexibility index (Phi) is 10.7. The van der Waals surface area contributed by atoms with Crippen LogP contribution in [0, 0.1) is 11.8 Å². The molecule has 0 fully saturated rings. The zero-order chi connectivity index (χ0) is 13.1. The fourth-order valence-corrected chi connectivity index (χ4v) is 1.42. The number of ether oxygens (including phenoxy) is 1. The van der Waals surface area contributed by atoms with E-state index in [1.54, 1.807) is 0 Å². The van der Waals surface area contributed by atoms with E-state index < -0.39 is 6.10 Å². The van der Waals surface area contributed by atoms with Crippen LogP contribution in [0.5, 0.6) is 0 Å². The minimum absolute atomic E-state index is 0.0371. The minimum Gasteiger partial charge on any atom is -0.396 e. The van der Waals surface area contributed by atoms with E-state index in [9.17, 15) is 0 Å². The second-order valence-electron chi connectivity index (χ2n) is 4.23. The largest absolute Gasteiger partial charge is 0.396 e. The van der Waals surface area contributed by atoms with Gasteiger partial charge in [-0.3, -0.25) is 0 Å². The molecule has 0 heterocycles. The average Bonchev–Trinajstić information content (AvgIpc) is 2.38. The number of nitrogens with two attached hydrogens (primary N) is 1. The van der Waals surface area contributed by atoms with Gasteiger partial charge in [0.2, 0.25) is 0 Å². The van der Waals surface area contributed by atoms with Crippen molar-refractivity contribution >= 4 is 0 Å². The van der Waals surface area contributed by atoms with Gasteiger partial charge in [-0.1, -0.05) is 0 Å². The molecule has 0 saturated carbocycles. The van der Waals surface area contributed by atoms with Crippen LogP contribution in [0.2, 0.25) is 0 Å². The van der Waals surface area contributed by atoms with Crippen LogP contribution in [0.3, 0.4) is 0 Å². The number of aliphatic hydroxyl groups excluding tert-OH is 4. The first-order chi connectivity index (χ1) is 8.21. The zero-order valence-electron chi connectivity index (χ0n) is 10.2. The summed E-state index contributed by atoms with van der Waals surface area (Å²) in [7, 11) is 0. The van der Waals surface area contributed by atoms with Crippen molar-refractivity contribution in [3.63, 3.8) is 0 Å². The van der Waals surface area contributed by atoms with Gasteiger partial charge in [-0.2, -0.15) is 0 Å². The van der Waals surface area contributed by atoms with Crippen LogP contribution < -0.4 is 5.73 Å². The van der Waals surface area contributed by atoms with Crippen molar-refractivity contribution in [2.75, 3.05) is 39.6 Å². The van der Waals surface area contributed by atoms with E-state index in [1.165, 1.54) is 0 Å². The molecule has 1 unspecified atom stereocenters. The molecule has 0 aliphatic rings. The molecule has 0 aromatic carbocycles. The highest BCUT2D eigenvalue weighted by Gasteiger charge is 2.14. The second kappa shape index (κ2) is 10.9. The molecule has 6 heteroatoms. The first kappa shape index (κ1) is 16.8. The first-order valence-corrected chi connectivity index (χ1v) is 5.96. The lowest BCUT2D eigenvalue weighted by Gasteiger charge is -2.20.